The lowest BCUT2D eigenvalue weighted by Crippen LogP contribution is -1.97. The minimum Gasteiger partial charge on any atom is -0.454 e. The summed E-state index contributed by atoms with van der Waals surface area (Å²) in [5, 5.41) is 11.1. The van der Waals surface area contributed by atoms with Crippen LogP contribution in [0, 0.1) is 21.7 Å². The van der Waals surface area contributed by atoms with E-state index < -0.39 is 16.6 Å². The maximum Gasteiger partial charge on any atom is 0.277 e. The SMILES string of the molecule is CCc1c(Br)cc(Oc2ccc(F)cc2F)cc1[N+](=O)[O-]. The molecule has 0 amide bonds. The van der Waals surface area contributed by atoms with Crippen molar-refractivity contribution in [3.8, 4) is 11.5 Å². The third-order valence-corrected chi connectivity index (χ3v) is 3.52. The molecule has 0 aliphatic rings. The summed E-state index contributed by atoms with van der Waals surface area (Å²) in [6.45, 7) is 1.78. The largest absolute Gasteiger partial charge is 0.454 e. The molecule has 0 radical (unpaired) electrons. The van der Waals surface area contributed by atoms with Crippen molar-refractivity contribution in [3.05, 3.63) is 62.1 Å². The zero-order valence-electron chi connectivity index (χ0n) is 10.9. The fraction of sp³-hybridized carbons (Fsp3) is 0.143. The van der Waals surface area contributed by atoms with Crippen LogP contribution < -0.4 is 4.74 Å². The fourth-order valence-electron chi connectivity index (χ4n) is 1.85. The topological polar surface area (TPSA) is 52.4 Å². The number of ether oxygens (including phenoxy) is 1. The fourth-order valence-corrected chi connectivity index (χ4v) is 2.56. The Morgan fingerprint density at radius 3 is 2.57 bits per heavy atom. The van der Waals surface area contributed by atoms with Gasteiger partial charge in [-0.25, -0.2) is 8.78 Å². The molecule has 0 aromatic heterocycles. The molecule has 0 atom stereocenters. The van der Waals surface area contributed by atoms with Crippen LogP contribution in [0.25, 0.3) is 0 Å². The second-order valence-electron chi connectivity index (χ2n) is 4.19. The van der Waals surface area contributed by atoms with E-state index in [9.17, 15) is 18.9 Å². The van der Waals surface area contributed by atoms with Gasteiger partial charge in [-0.05, 0) is 24.6 Å². The molecular formula is C14H10BrF2NO3. The van der Waals surface area contributed by atoms with Crippen molar-refractivity contribution in [1.82, 2.24) is 0 Å². The lowest BCUT2D eigenvalue weighted by Gasteiger charge is -2.09. The summed E-state index contributed by atoms with van der Waals surface area (Å²) in [5.74, 6) is -1.72. The average Bonchev–Trinajstić information content (AvgIpc) is 2.41. The molecule has 7 heteroatoms. The van der Waals surface area contributed by atoms with Crippen molar-refractivity contribution in [2.24, 2.45) is 0 Å². The van der Waals surface area contributed by atoms with Gasteiger partial charge in [0, 0.05) is 16.1 Å². The Labute approximate surface area is 127 Å². The smallest absolute Gasteiger partial charge is 0.277 e. The predicted octanol–water partition coefficient (Wildman–Crippen LogP) is 4.99. The van der Waals surface area contributed by atoms with E-state index in [4.69, 9.17) is 4.74 Å². The van der Waals surface area contributed by atoms with E-state index in [0.29, 0.717) is 22.5 Å². The van der Waals surface area contributed by atoms with E-state index in [1.807, 2.05) is 0 Å². The number of hydrogen-bond donors (Lipinski definition) is 0. The summed E-state index contributed by atoms with van der Waals surface area (Å²) < 4.78 is 32.1. The second-order valence-corrected chi connectivity index (χ2v) is 5.04. The van der Waals surface area contributed by atoms with Crippen molar-refractivity contribution >= 4 is 21.6 Å². The Balaban J connectivity index is 2.43. The number of rotatable bonds is 4. The highest BCUT2D eigenvalue weighted by Crippen LogP contribution is 2.35. The van der Waals surface area contributed by atoms with E-state index in [2.05, 4.69) is 15.9 Å². The highest BCUT2D eigenvalue weighted by atomic mass is 79.9. The number of halogens is 3. The van der Waals surface area contributed by atoms with Crippen LogP contribution in [0.2, 0.25) is 0 Å². The lowest BCUT2D eigenvalue weighted by atomic mass is 10.1. The summed E-state index contributed by atoms with van der Waals surface area (Å²) in [6, 6.07) is 5.57. The molecule has 2 aromatic carbocycles. The second kappa shape index (κ2) is 6.17. The molecule has 4 nitrogen and oxygen atoms in total. The van der Waals surface area contributed by atoms with Gasteiger partial charge in [0.2, 0.25) is 0 Å². The van der Waals surface area contributed by atoms with Crippen LogP contribution in [0.3, 0.4) is 0 Å². The van der Waals surface area contributed by atoms with Gasteiger partial charge in [0.15, 0.2) is 11.6 Å². The normalized spacial score (nSPS) is 10.5. The molecule has 0 saturated heterocycles. The Bertz CT molecular complexity index is 707. The average molecular weight is 358 g/mol. The van der Waals surface area contributed by atoms with Gasteiger partial charge in [-0.15, -0.1) is 0 Å². The molecule has 0 fully saturated rings. The standard InChI is InChI=1S/C14H10BrF2NO3/c1-2-10-11(15)6-9(7-13(10)18(19)20)21-14-4-3-8(16)5-12(14)17/h3-7H,2H2,1H3. The molecule has 2 rings (SSSR count). The monoisotopic (exact) mass is 357 g/mol. The molecule has 0 heterocycles. The van der Waals surface area contributed by atoms with E-state index in [1.54, 1.807) is 6.92 Å². The molecule has 0 aliphatic carbocycles. The van der Waals surface area contributed by atoms with Crippen molar-refractivity contribution in [2.45, 2.75) is 13.3 Å². The maximum absolute atomic E-state index is 13.5. The first-order valence-corrected chi connectivity index (χ1v) is 6.81. The third kappa shape index (κ3) is 3.36. The van der Waals surface area contributed by atoms with Crippen LogP contribution in [0.4, 0.5) is 14.5 Å². The first-order valence-electron chi connectivity index (χ1n) is 6.02. The molecule has 0 aliphatic heterocycles. The highest BCUT2D eigenvalue weighted by Gasteiger charge is 2.18. The number of nitro benzene ring substituents is 1. The third-order valence-electron chi connectivity index (χ3n) is 2.82. The Morgan fingerprint density at radius 2 is 2.00 bits per heavy atom. The van der Waals surface area contributed by atoms with Gasteiger partial charge in [-0.1, -0.05) is 22.9 Å². The van der Waals surface area contributed by atoms with Crippen LogP contribution in [-0.4, -0.2) is 4.92 Å². The zero-order valence-corrected chi connectivity index (χ0v) is 12.5. The van der Waals surface area contributed by atoms with Crippen molar-refractivity contribution < 1.29 is 18.4 Å². The van der Waals surface area contributed by atoms with Crippen molar-refractivity contribution in [1.29, 1.82) is 0 Å². The lowest BCUT2D eigenvalue weighted by molar-refractivity contribution is -0.385. The first-order chi connectivity index (χ1) is 9.92. The van der Waals surface area contributed by atoms with Gasteiger partial charge in [0.1, 0.15) is 11.6 Å². The Kier molecular flexibility index (Phi) is 4.52. The summed E-state index contributed by atoms with van der Waals surface area (Å²) in [6.07, 6.45) is 0.460. The van der Waals surface area contributed by atoms with E-state index in [-0.39, 0.29) is 17.2 Å². The molecule has 0 unspecified atom stereocenters. The molecule has 0 spiro atoms. The number of benzene rings is 2. The molecule has 0 N–H and O–H groups in total. The summed E-state index contributed by atoms with van der Waals surface area (Å²) >= 11 is 3.23. The Morgan fingerprint density at radius 1 is 1.29 bits per heavy atom. The molecular weight excluding hydrogens is 348 g/mol. The molecule has 0 bridgehead atoms. The summed E-state index contributed by atoms with van der Waals surface area (Å²) in [5.41, 5.74) is 0.399. The summed E-state index contributed by atoms with van der Waals surface area (Å²) in [4.78, 5) is 10.5. The number of nitro groups is 1. The first kappa shape index (κ1) is 15.4. The number of hydrogen-bond acceptors (Lipinski definition) is 3. The van der Waals surface area contributed by atoms with Crippen molar-refractivity contribution in [2.75, 3.05) is 0 Å². The van der Waals surface area contributed by atoms with Gasteiger partial charge >= 0.3 is 0 Å². The van der Waals surface area contributed by atoms with Crippen LogP contribution in [0.15, 0.2) is 34.8 Å². The van der Waals surface area contributed by atoms with Crippen molar-refractivity contribution in [3.63, 3.8) is 0 Å². The molecule has 21 heavy (non-hydrogen) atoms. The van der Waals surface area contributed by atoms with E-state index in [0.717, 1.165) is 12.1 Å². The van der Waals surface area contributed by atoms with E-state index in [1.165, 1.54) is 12.1 Å². The summed E-state index contributed by atoms with van der Waals surface area (Å²) in [7, 11) is 0. The van der Waals surface area contributed by atoms with Gasteiger partial charge in [-0.2, -0.15) is 0 Å². The van der Waals surface area contributed by atoms with Gasteiger partial charge in [0.25, 0.3) is 5.69 Å². The van der Waals surface area contributed by atoms with Crippen LogP contribution in [0.5, 0.6) is 11.5 Å². The van der Waals surface area contributed by atoms with Gasteiger partial charge in [-0.3, -0.25) is 10.1 Å². The van der Waals surface area contributed by atoms with Crippen LogP contribution >= 0.6 is 15.9 Å². The Hall–Kier alpha value is -2.02. The van der Waals surface area contributed by atoms with Crippen LogP contribution in [0.1, 0.15) is 12.5 Å². The number of nitrogens with zero attached hydrogens (tertiary/aromatic N) is 1. The molecule has 0 saturated carbocycles. The highest BCUT2D eigenvalue weighted by molar-refractivity contribution is 9.10. The van der Waals surface area contributed by atoms with Gasteiger partial charge < -0.3 is 4.74 Å². The quantitative estimate of drug-likeness (QED) is 0.572. The molecule has 110 valence electrons. The van der Waals surface area contributed by atoms with E-state index >= 15 is 0 Å². The molecule has 2 aromatic rings. The maximum atomic E-state index is 13.5. The minimum absolute atomic E-state index is 0.0938. The van der Waals surface area contributed by atoms with Gasteiger partial charge in [0.05, 0.1) is 11.0 Å². The minimum atomic E-state index is -0.881. The zero-order chi connectivity index (χ0) is 15.6. The predicted molar refractivity (Wildman–Crippen MR) is 76.6 cm³/mol. The van der Waals surface area contributed by atoms with Crippen LogP contribution in [-0.2, 0) is 6.42 Å².